The maximum Gasteiger partial charge on any atom is 0.417 e. The van der Waals surface area contributed by atoms with E-state index in [2.05, 4.69) is 9.36 Å². The van der Waals surface area contributed by atoms with E-state index in [-0.39, 0.29) is 5.02 Å². The van der Waals surface area contributed by atoms with Crippen LogP contribution in [0.15, 0.2) is 27.4 Å². The van der Waals surface area contributed by atoms with Crippen molar-refractivity contribution in [3.8, 4) is 0 Å². The van der Waals surface area contributed by atoms with Crippen LogP contribution in [0.4, 0.5) is 13.2 Å². The van der Waals surface area contributed by atoms with Crippen LogP contribution in [-0.2, 0) is 17.3 Å². The second-order valence-electron chi connectivity index (χ2n) is 3.96. The normalized spacial score (nSPS) is 11.9. The van der Waals surface area contributed by atoms with Gasteiger partial charge in [-0.25, -0.2) is 4.98 Å². The molecule has 0 unspecified atom stereocenters. The van der Waals surface area contributed by atoms with Crippen molar-refractivity contribution in [3.63, 3.8) is 0 Å². The molecule has 0 aliphatic carbocycles. The lowest BCUT2D eigenvalue weighted by atomic mass is 10.2. The summed E-state index contributed by atoms with van der Waals surface area (Å²) in [6, 6.07) is 3.78. The minimum atomic E-state index is -4.47. The predicted octanol–water partition coefficient (Wildman–Crippen LogP) is 4.55. The summed E-state index contributed by atoms with van der Waals surface area (Å²) < 4.78 is 48.0. The molecule has 0 spiro atoms. The van der Waals surface area contributed by atoms with Crippen molar-refractivity contribution in [2.24, 2.45) is 0 Å². The van der Waals surface area contributed by atoms with E-state index in [0.717, 1.165) is 29.4 Å². The highest BCUT2D eigenvalue weighted by atomic mass is 35.5. The molecule has 0 bridgehead atoms. The molecule has 2 rings (SSSR count). The van der Waals surface area contributed by atoms with Crippen LogP contribution in [0.2, 0.25) is 5.02 Å². The van der Waals surface area contributed by atoms with E-state index in [4.69, 9.17) is 16.3 Å². The summed E-state index contributed by atoms with van der Waals surface area (Å²) in [5.74, 6) is 0.620. The summed E-state index contributed by atoms with van der Waals surface area (Å²) in [6.07, 6.45) is -3.90. The number of alkyl halides is 3. The largest absolute Gasteiger partial charge is 0.417 e. The molecule has 0 radical (unpaired) electrons. The topological polar surface area (TPSA) is 35.0 Å². The van der Waals surface area contributed by atoms with Crippen LogP contribution in [0.3, 0.4) is 0 Å². The summed E-state index contributed by atoms with van der Waals surface area (Å²) in [5.41, 5.74) is -0.849. The van der Waals surface area contributed by atoms with Crippen molar-refractivity contribution in [3.05, 3.63) is 34.6 Å². The summed E-state index contributed by atoms with van der Waals surface area (Å²) in [6.45, 7) is 0.500. The van der Waals surface area contributed by atoms with Gasteiger partial charge in [0.2, 0.25) is 0 Å². The quantitative estimate of drug-likeness (QED) is 0.789. The van der Waals surface area contributed by atoms with E-state index in [9.17, 15) is 13.2 Å². The number of halogens is 4. The lowest BCUT2D eigenvalue weighted by Gasteiger charge is -2.09. The van der Waals surface area contributed by atoms with E-state index in [1.54, 1.807) is 7.11 Å². The van der Waals surface area contributed by atoms with Crippen LogP contribution in [0, 0.1) is 0 Å². The van der Waals surface area contributed by atoms with Crippen LogP contribution in [-0.4, -0.2) is 23.1 Å². The SMILES string of the molecule is COCCc1nsc(Sc2ccc(Cl)c(C(F)(F)F)c2)n1. The van der Waals surface area contributed by atoms with Gasteiger partial charge in [0.15, 0.2) is 4.34 Å². The average Bonchev–Trinajstić information content (AvgIpc) is 2.85. The Morgan fingerprint density at radius 1 is 1.38 bits per heavy atom. The molecule has 0 saturated heterocycles. The maximum absolute atomic E-state index is 12.8. The van der Waals surface area contributed by atoms with Crippen molar-refractivity contribution in [2.45, 2.75) is 21.8 Å². The Bertz CT molecular complexity index is 619. The average molecular weight is 355 g/mol. The molecule has 114 valence electrons. The molecule has 0 aliphatic heterocycles. The Kier molecular flexibility index (Phi) is 5.48. The number of methoxy groups -OCH3 is 1. The Hall–Kier alpha value is -0.830. The number of hydrogen-bond donors (Lipinski definition) is 0. The number of rotatable bonds is 5. The molecular formula is C12H10ClF3N2OS2. The summed E-state index contributed by atoms with van der Waals surface area (Å²) in [4.78, 5) is 4.65. The third kappa shape index (κ3) is 4.57. The molecule has 0 aliphatic rings. The third-order valence-corrected chi connectivity index (χ3v) is 4.54. The predicted molar refractivity (Wildman–Crippen MR) is 76.1 cm³/mol. The van der Waals surface area contributed by atoms with Crippen LogP contribution in [0.1, 0.15) is 11.4 Å². The number of benzene rings is 1. The molecule has 2 aromatic rings. The van der Waals surface area contributed by atoms with Gasteiger partial charge in [-0.05, 0) is 29.7 Å². The molecule has 9 heteroatoms. The van der Waals surface area contributed by atoms with Gasteiger partial charge < -0.3 is 4.74 Å². The zero-order valence-corrected chi connectivity index (χ0v) is 13.2. The zero-order valence-electron chi connectivity index (χ0n) is 10.8. The highest BCUT2D eigenvalue weighted by Gasteiger charge is 2.33. The van der Waals surface area contributed by atoms with Crippen molar-refractivity contribution < 1.29 is 17.9 Å². The van der Waals surface area contributed by atoms with Crippen LogP contribution < -0.4 is 0 Å². The first kappa shape index (κ1) is 16.5. The van der Waals surface area contributed by atoms with Crippen molar-refractivity contribution in [1.82, 2.24) is 9.36 Å². The summed E-state index contributed by atoms with van der Waals surface area (Å²) in [7, 11) is 1.58. The molecule has 0 fully saturated rings. The van der Waals surface area contributed by atoms with Crippen molar-refractivity contribution in [2.75, 3.05) is 13.7 Å². The molecule has 21 heavy (non-hydrogen) atoms. The first-order valence-corrected chi connectivity index (χ1v) is 7.73. The molecule has 1 aromatic carbocycles. The minimum Gasteiger partial charge on any atom is -0.384 e. The molecule has 0 N–H and O–H groups in total. The van der Waals surface area contributed by atoms with Gasteiger partial charge >= 0.3 is 6.18 Å². The fraction of sp³-hybridized carbons (Fsp3) is 0.333. The van der Waals surface area contributed by atoms with Crippen molar-refractivity contribution in [1.29, 1.82) is 0 Å². The molecule has 0 saturated carbocycles. The highest BCUT2D eigenvalue weighted by molar-refractivity contribution is 8.01. The van der Waals surface area contributed by atoms with Gasteiger partial charge in [-0.2, -0.15) is 17.5 Å². The van der Waals surface area contributed by atoms with Crippen LogP contribution in [0.5, 0.6) is 0 Å². The summed E-state index contributed by atoms with van der Waals surface area (Å²) >= 11 is 7.85. The van der Waals surface area contributed by atoms with E-state index in [1.807, 2.05) is 0 Å². The number of ether oxygens (including phenoxy) is 1. The van der Waals surface area contributed by atoms with Gasteiger partial charge in [0, 0.05) is 18.4 Å². The van der Waals surface area contributed by atoms with Crippen LogP contribution >= 0.6 is 34.9 Å². The van der Waals surface area contributed by atoms with E-state index >= 15 is 0 Å². The van der Waals surface area contributed by atoms with Gasteiger partial charge in [-0.1, -0.05) is 23.4 Å². The Morgan fingerprint density at radius 2 is 2.14 bits per heavy atom. The van der Waals surface area contributed by atoms with E-state index < -0.39 is 11.7 Å². The second kappa shape index (κ2) is 6.95. The summed E-state index contributed by atoms with van der Waals surface area (Å²) in [5, 5.41) is -0.315. The second-order valence-corrected chi connectivity index (χ2v) is 6.44. The molecule has 0 atom stereocenters. The Labute approximate surface area is 132 Å². The molecular weight excluding hydrogens is 345 g/mol. The van der Waals surface area contributed by atoms with Gasteiger partial charge in [0.05, 0.1) is 17.2 Å². The smallest absolute Gasteiger partial charge is 0.384 e. The fourth-order valence-corrected chi connectivity index (χ4v) is 3.36. The van der Waals surface area contributed by atoms with Gasteiger partial charge in [-0.3, -0.25) is 0 Å². The van der Waals surface area contributed by atoms with Gasteiger partial charge in [-0.15, -0.1) is 0 Å². The Balaban J connectivity index is 2.14. The number of aromatic nitrogens is 2. The minimum absolute atomic E-state index is 0.315. The van der Waals surface area contributed by atoms with Gasteiger partial charge in [0.25, 0.3) is 0 Å². The van der Waals surface area contributed by atoms with Crippen LogP contribution in [0.25, 0.3) is 0 Å². The van der Waals surface area contributed by atoms with E-state index in [0.29, 0.717) is 28.1 Å². The number of nitrogens with zero attached hydrogens (tertiary/aromatic N) is 2. The standard InChI is InChI=1S/C12H10ClF3N2OS2/c1-19-5-4-10-17-11(21-18-10)20-7-2-3-9(13)8(6-7)12(14,15)16/h2-3,6H,4-5H2,1H3. The molecule has 1 heterocycles. The first-order valence-electron chi connectivity index (χ1n) is 5.76. The monoisotopic (exact) mass is 354 g/mol. The van der Waals surface area contributed by atoms with Gasteiger partial charge in [0.1, 0.15) is 5.82 Å². The highest BCUT2D eigenvalue weighted by Crippen LogP contribution is 2.38. The fourth-order valence-electron chi connectivity index (χ4n) is 1.46. The molecule has 3 nitrogen and oxygen atoms in total. The number of hydrogen-bond acceptors (Lipinski definition) is 5. The lowest BCUT2D eigenvalue weighted by molar-refractivity contribution is -0.137. The van der Waals surface area contributed by atoms with E-state index in [1.165, 1.54) is 12.1 Å². The first-order chi connectivity index (χ1) is 9.90. The maximum atomic E-state index is 12.8. The molecule has 0 amide bonds. The molecule has 1 aromatic heterocycles. The lowest BCUT2D eigenvalue weighted by Crippen LogP contribution is -2.05. The Morgan fingerprint density at radius 3 is 2.81 bits per heavy atom. The third-order valence-electron chi connectivity index (χ3n) is 2.43. The zero-order chi connectivity index (χ0) is 15.5. The van der Waals surface area contributed by atoms with Crippen molar-refractivity contribution >= 4 is 34.9 Å².